The van der Waals surface area contributed by atoms with Gasteiger partial charge in [-0.25, -0.2) is 0 Å². The second kappa shape index (κ2) is 4.60. The lowest BCUT2D eigenvalue weighted by atomic mass is 9.73. The van der Waals surface area contributed by atoms with Crippen molar-refractivity contribution in [1.82, 2.24) is 0 Å². The van der Waals surface area contributed by atoms with Crippen molar-refractivity contribution in [2.24, 2.45) is 23.7 Å². The van der Waals surface area contributed by atoms with Gasteiger partial charge in [-0.05, 0) is 62.9 Å². The third kappa shape index (κ3) is 1.88. The molecule has 0 radical (unpaired) electrons. The maximum Gasteiger partial charge on any atom is -0.00359 e. The molecular formula is C15H24S. The number of hydrogen-bond donors (Lipinski definition) is 0. The lowest BCUT2D eigenvalue weighted by Gasteiger charge is -2.32. The van der Waals surface area contributed by atoms with E-state index in [-0.39, 0.29) is 0 Å². The normalized spacial score (nSPS) is 38.7. The first kappa shape index (κ1) is 12.3. The van der Waals surface area contributed by atoms with Gasteiger partial charge in [-0.3, -0.25) is 0 Å². The number of thioether (sulfide) groups is 1. The molecule has 0 amide bonds. The van der Waals surface area contributed by atoms with Gasteiger partial charge in [-0.1, -0.05) is 29.7 Å². The van der Waals surface area contributed by atoms with Gasteiger partial charge in [0.2, 0.25) is 0 Å². The van der Waals surface area contributed by atoms with Crippen LogP contribution in [0.5, 0.6) is 0 Å². The van der Waals surface area contributed by atoms with E-state index >= 15 is 0 Å². The SMILES string of the molecule is CSCC1CC(C)C2C(C)=CC(C)=C(C)C12. The van der Waals surface area contributed by atoms with Crippen LogP contribution in [0.2, 0.25) is 0 Å². The summed E-state index contributed by atoms with van der Waals surface area (Å²) in [7, 11) is 0. The maximum atomic E-state index is 2.45. The Morgan fingerprint density at radius 3 is 2.56 bits per heavy atom. The third-order valence-corrected chi connectivity index (χ3v) is 5.42. The van der Waals surface area contributed by atoms with Crippen molar-refractivity contribution in [2.45, 2.75) is 34.1 Å². The summed E-state index contributed by atoms with van der Waals surface area (Å²) in [5.41, 5.74) is 4.82. The van der Waals surface area contributed by atoms with Crippen LogP contribution in [-0.2, 0) is 0 Å². The molecule has 0 N–H and O–H groups in total. The monoisotopic (exact) mass is 236 g/mol. The highest BCUT2D eigenvalue weighted by atomic mass is 32.2. The second-order valence-corrected chi connectivity index (χ2v) is 6.65. The second-order valence-electron chi connectivity index (χ2n) is 5.73. The summed E-state index contributed by atoms with van der Waals surface area (Å²) >= 11 is 2.02. The van der Waals surface area contributed by atoms with Crippen LogP contribution in [0.3, 0.4) is 0 Å². The van der Waals surface area contributed by atoms with Crippen LogP contribution in [0, 0.1) is 23.7 Å². The minimum atomic E-state index is 0.834. The molecule has 2 aliphatic rings. The molecule has 0 heterocycles. The molecule has 0 aromatic heterocycles. The molecule has 1 saturated carbocycles. The zero-order valence-corrected chi connectivity index (χ0v) is 12.0. The topological polar surface area (TPSA) is 0 Å². The Bertz CT molecular complexity index is 337. The summed E-state index contributed by atoms with van der Waals surface area (Å²) in [5, 5.41) is 0. The molecular weight excluding hydrogens is 212 g/mol. The van der Waals surface area contributed by atoms with Gasteiger partial charge in [0, 0.05) is 0 Å². The highest BCUT2D eigenvalue weighted by molar-refractivity contribution is 7.98. The first-order valence-electron chi connectivity index (χ1n) is 6.40. The van der Waals surface area contributed by atoms with Crippen molar-refractivity contribution in [1.29, 1.82) is 0 Å². The van der Waals surface area contributed by atoms with Gasteiger partial charge in [-0.15, -0.1) is 0 Å². The van der Waals surface area contributed by atoms with Gasteiger partial charge in [-0.2, -0.15) is 11.8 Å². The Morgan fingerprint density at radius 1 is 1.25 bits per heavy atom. The lowest BCUT2D eigenvalue weighted by Crippen LogP contribution is -2.24. The first-order chi connectivity index (χ1) is 7.56. The van der Waals surface area contributed by atoms with Gasteiger partial charge >= 0.3 is 0 Å². The van der Waals surface area contributed by atoms with Gasteiger partial charge in [0.05, 0.1) is 0 Å². The van der Waals surface area contributed by atoms with Gasteiger partial charge in [0.1, 0.15) is 0 Å². The van der Waals surface area contributed by atoms with Crippen LogP contribution in [0.4, 0.5) is 0 Å². The van der Waals surface area contributed by atoms with E-state index in [4.69, 9.17) is 0 Å². The Balaban J connectivity index is 2.33. The lowest BCUT2D eigenvalue weighted by molar-refractivity contribution is 0.386. The largest absolute Gasteiger partial charge is 0.165 e. The number of fused-ring (bicyclic) bond motifs is 1. The summed E-state index contributed by atoms with van der Waals surface area (Å²) in [6.07, 6.45) is 6.09. The van der Waals surface area contributed by atoms with Crippen LogP contribution < -0.4 is 0 Å². The molecule has 0 aromatic carbocycles. The van der Waals surface area contributed by atoms with Crippen LogP contribution in [-0.4, -0.2) is 12.0 Å². The van der Waals surface area contributed by atoms with E-state index < -0.39 is 0 Å². The molecule has 4 atom stereocenters. The molecule has 90 valence electrons. The van der Waals surface area contributed by atoms with E-state index in [0.29, 0.717) is 0 Å². The Kier molecular flexibility index (Phi) is 3.53. The van der Waals surface area contributed by atoms with Crippen molar-refractivity contribution < 1.29 is 0 Å². The number of hydrogen-bond acceptors (Lipinski definition) is 1. The van der Waals surface area contributed by atoms with Crippen molar-refractivity contribution in [2.75, 3.05) is 12.0 Å². The third-order valence-electron chi connectivity index (χ3n) is 4.66. The minimum Gasteiger partial charge on any atom is -0.165 e. The molecule has 2 aliphatic carbocycles. The van der Waals surface area contributed by atoms with Crippen molar-refractivity contribution in [3.63, 3.8) is 0 Å². The molecule has 0 spiro atoms. The zero-order chi connectivity index (χ0) is 11.9. The summed E-state index contributed by atoms with van der Waals surface area (Å²) in [5.74, 6) is 4.80. The van der Waals surface area contributed by atoms with Crippen LogP contribution in [0.15, 0.2) is 22.8 Å². The van der Waals surface area contributed by atoms with E-state index in [1.165, 1.54) is 17.7 Å². The molecule has 0 aromatic rings. The fraction of sp³-hybridized carbons (Fsp3) is 0.733. The average molecular weight is 236 g/mol. The Hall–Kier alpha value is -0.170. The molecule has 0 nitrogen and oxygen atoms in total. The van der Waals surface area contributed by atoms with E-state index in [1.807, 2.05) is 11.8 Å². The van der Waals surface area contributed by atoms with Crippen LogP contribution in [0.1, 0.15) is 34.1 Å². The molecule has 16 heavy (non-hydrogen) atoms. The van der Waals surface area contributed by atoms with Crippen LogP contribution in [0.25, 0.3) is 0 Å². The van der Waals surface area contributed by atoms with E-state index in [1.54, 1.807) is 11.1 Å². The Labute approximate surface area is 105 Å². The number of rotatable bonds is 2. The van der Waals surface area contributed by atoms with Crippen molar-refractivity contribution >= 4 is 11.8 Å². The van der Waals surface area contributed by atoms with Gasteiger partial charge in [0.15, 0.2) is 0 Å². The van der Waals surface area contributed by atoms with Crippen molar-refractivity contribution in [3.8, 4) is 0 Å². The molecule has 1 fully saturated rings. The molecule has 2 rings (SSSR count). The predicted octanol–water partition coefficient (Wildman–Crippen LogP) is 4.53. The predicted molar refractivity (Wildman–Crippen MR) is 74.8 cm³/mol. The van der Waals surface area contributed by atoms with E-state index in [9.17, 15) is 0 Å². The quantitative estimate of drug-likeness (QED) is 0.678. The smallest absolute Gasteiger partial charge is 0.00359 e. The molecule has 0 bridgehead atoms. The summed E-state index contributed by atoms with van der Waals surface area (Å²) in [6.45, 7) is 9.43. The van der Waals surface area contributed by atoms with Crippen molar-refractivity contribution in [3.05, 3.63) is 22.8 Å². The summed E-state index contributed by atoms with van der Waals surface area (Å²) < 4.78 is 0. The maximum absolute atomic E-state index is 2.45. The highest BCUT2D eigenvalue weighted by Crippen LogP contribution is 2.52. The minimum absolute atomic E-state index is 0.834. The summed E-state index contributed by atoms with van der Waals surface area (Å²) in [4.78, 5) is 0. The zero-order valence-electron chi connectivity index (χ0n) is 11.2. The van der Waals surface area contributed by atoms with Crippen LogP contribution >= 0.6 is 11.8 Å². The number of allylic oxidation sites excluding steroid dienone is 4. The Morgan fingerprint density at radius 2 is 1.94 bits per heavy atom. The summed E-state index contributed by atoms with van der Waals surface area (Å²) in [6, 6.07) is 0. The molecule has 1 heteroatoms. The van der Waals surface area contributed by atoms with E-state index in [0.717, 1.165) is 23.7 Å². The molecule has 4 unspecified atom stereocenters. The van der Waals surface area contributed by atoms with Gasteiger partial charge < -0.3 is 0 Å². The standard InChI is InChI=1S/C15H24S/c1-9-6-10(2)14-11(3)7-13(8-16-5)15(14)12(9)4/h6,11,13-15H,7-8H2,1-5H3. The highest BCUT2D eigenvalue weighted by Gasteiger charge is 2.43. The fourth-order valence-corrected chi connectivity index (χ4v) is 4.74. The first-order valence-corrected chi connectivity index (χ1v) is 7.80. The average Bonchev–Trinajstić information content (AvgIpc) is 2.53. The fourth-order valence-electron chi connectivity index (χ4n) is 3.97. The molecule has 0 saturated heterocycles. The van der Waals surface area contributed by atoms with Gasteiger partial charge in [0.25, 0.3) is 0 Å². The van der Waals surface area contributed by atoms with E-state index in [2.05, 4.69) is 40.0 Å². The molecule has 0 aliphatic heterocycles.